The van der Waals surface area contributed by atoms with Gasteiger partial charge in [-0.1, -0.05) is 0 Å². The summed E-state index contributed by atoms with van der Waals surface area (Å²) in [5, 5.41) is 10.7. The Morgan fingerprint density at radius 3 is 2.70 bits per heavy atom. The molecule has 0 atom stereocenters. The third kappa shape index (κ3) is 3.02. The maximum absolute atomic E-state index is 13.6. The Labute approximate surface area is 121 Å². The number of hydrogen-bond donors (Lipinski definition) is 0. The number of pyridine rings is 1. The first-order valence-electron chi connectivity index (χ1n) is 5.32. The van der Waals surface area contributed by atoms with Gasteiger partial charge in [0.05, 0.1) is 18.1 Å². The van der Waals surface area contributed by atoms with Crippen molar-refractivity contribution in [3.8, 4) is 17.4 Å². The third-order valence-electron chi connectivity index (χ3n) is 2.34. The molecule has 0 unspecified atom stereocenters. The minimum absolute atomic E-state index is 0.114. The van der Waals surface area contributed by atoms with Crippen molar-refractivity contribution >= 4 is 21.6 Å². The predicted octanol–water partition coefficient (Wildman–Crippen LogP) is 3.69. The average molecular weight is 343 g/mol. The molecule has 0 bridgehead atoms. The third-order valence-corrected chi connectivity index (χ3v) is 2.77. The summed E-state index contributed by atoms with van der Waals surface area (Å²) in [7, 11) is 1.33. The maximum Gasteiger partial charge on any atom is 0.273 e. The Morgan fingerprint density at radius 2 is 2.10 bits per heavy atom. The van der Waals surface area contributed by atoms with E-state index in [2.05, 4.69) is 20.9 Å². The number of halogens is 2. The van der Waals surface area contributed by atoms with Gasteiger partial charge in [0.1, 0.15) is 0 Å². The normalized spacial score (nSPS) is 10.2. The number of rotatable bonds is 4. The SMILES string of the molecule is COc1cc([N+](=O)[O-])ccc1Oc1ncc(Br)cc1F. The molecule has 0 aliphatic carbocycles. The molecule has 1 aromatic carbocycles. The Hall–Kier alpha value is -2.22. The lowest BCUT2D eigenvalue weighted by molar-refractivity contribution is -0.384. The number of hydrogen-bond acceptors (Lipinski definition) is 5. The van der Waals surface area contributed by atoms with Gasteiger partial charge in [-0.15, -0.1) is 0 Å². The van der Waals surface area contributed by atoms with Crippen molar-refractivity contribution < 1.29 is 18.8 Å². The number of methoxy groups -OCH3 is 1. The fourth-order valence-electron chi connectivity index (χ4n) is 1.44. The second-order valence-corrected chi connectivity index (χ2v) is 4.55. The second-order valence-electron chi connectivity index (χ2n) is 3.63. The summed E-state index contributed by atoms with van der Waals surface area (Å²) in [6.07, 6.45) is 1.37. The van der Waals surface area contributed by atoms with E-state index in [1.54, 1.807) is 0 Å². The highest BCUT2D eigenvalue weighted by atomic mass is 79.9. The van der Waals surface area contributed by atoms with Gasteiger partial charge in [0.2, 0.25) is 0 Å². The second kappa shape index (κ2) is 5.83. The quantitative estimate of drug-likeness (QED) is 0.625. The van der Waals surface area contributed by atoms with Crippen LogP contribution in [0.1, 0.15) is 0 Å². The van der Waals surface area contributed by atoms with Gasteiger partial charge in [-0.3, -0.25) is 10.1 Å². The molecule has 0 saturated heterocycles. The molecule has 0 aliphatic rings. The number of aromatic nitrogens is 1. The Balaban J connectivity index is 2.35. The van der Waals surface area contributed by atoms with Gasteiger partial charge >= 0.3 is 0 Å². The maximum atomic E-state index is 13.6. The molecular weight excluding hydrogens is 335 g/mol. The Morgan fingerprint density at radius 1 is 1.35 bits per heavy atom. The molecule has 1 heterocycles. The lowest BCUT2D eigenvalue weighted by atomic mass is 10.3. The van der Waals surface area contributed by atoms with Crippen LogP contribution in [0.3, 0.4) is 0 Å². The Bertz CT molecular complexity index is 666. The zero-order valence-electron chi connectivity index (χ0n) is 10.2. The van der Waals surface area contributed by atoms with E-state index in [1.807, 2.05) is 0 Å². The molecule has 20 heavy (non-hydrogen) atoms. The van der Waals surface area contributed by atoms with Gasteiger partial charge < -0.3 is 9.47 Å². The van der Waals surface area contributed by atoms with E-state index in [0.717, 1.165) is 0 Å². The van der Waals surface area contributed by atoms with Crippen molar-refractivity contribution in [1.29, 1.82) is 0 Å². The Kier molecular flexibility index (Phi) is 4.14. The van der Waals surface area contributed by atoms with E-state index in [9.17, 15) is 14.5 Å². The zero-order chi connectivity index (χ0) is 14.7. The highest BCUT2D eigenvalue weighted by Gasteiger charge is 2.15. The first-order chi connectivity index (χ1) is 9.51. The van der Waals surface area contributed by atoms with Crippen LogP contribution in [0, 0.1) is 15.9 Å². The number of non-ortho nitro benzene ring substituents is 1. The number of nitrogens with zero attached hydrogens (tertiary/aromatic N) is 2. The van der Waals surface area contributed by atoms with E-state index in [-0.39, 0.29) is 23.1 Å². The zero-order valence-corrected chi connectivity index (χ0v) is 11.8. The molecule has 0 aliphatic heterocycles. The molecule has 2 rings (SSSR count). The number of ether oxygens (including phenoxy) is 2. The monoisotopic (exact) mass is 342 g/mol. The molecule has 0 radical (unpaired) electrons. The van der Waals surface area contributed by atoms with E-state index < -0.39 is 10.7 Å². The van der Waals surface area contributed by atoms with E-state index in [4.69, 9.17) is 9.47 Å². The molecule has 6 nitrogen and oxygen atoms in total. The molecule has 0 amide bonds. The van der Waals surface area contributed by atoms with Crippen LogP contribution >= 0.6 is 15.9 Å². The summed E-state index contributed by atoms with van der Waals surface area (Å²) >= 11 is 3.08. The van der Waals surface area contributed by atoms with Gasteiger partial charge in [-0.05, 0) is 28.1 Å². The highest BCUT2D eigenvalue weighted by Crippen LogP contribution is 2.34. The lowest BCUT2D eigenvalue weighted by Gasteiger charge is -2.09. The largest absolute Gasteiger partial charge is 0.493 e. The van der Waals surface area contributed by atoms with Crippen LogP contribution < -0.4 is 9.47 Å². The number of benzene rings is 1. The van der Waals surface area contributed by atoms with Gasteiger partial charge in [-0.25, -0.2) is 9.37 Å². The summed E-state index contributed by atoms with van der Waals surface area (Å²) in [6, 6.07) is 4.93. The summed E-state index contributed by atoms with van der Waals surface area (Å²) < 4.78 is 24.3. The molecule has 1 aromatic heterocycles. The van der Waals surface area contributed by atoms with E-state index in [1.165, 1.54) is 37.6 Å². The minimum atomic E-state index is -0.667. The molecule has 104 valence electrons. The molecule has 8 heteroatoms. The van der Waals surface area contributed by atoms with Crippen molar-refractivity contribution in [3.63, 3.8) is 0 Å². The standard InChI is InChI=1S/C12H8BrFN2O4/c1-19-11-5-8(16(17)18)2-3-10(11)20-12-9(14)4-7(13)6-15-12/h2-6H,1H3. The molecule has 0 spiro atoms. The number of nitro benzene ring substituents is 1. The van der Waals surface area contributed by atoms with Crippen molar-refractivity contribution in [2.75, 3.05) is 7.11 Å². The fraction of sp³-hybridized carbons (Fsp3) is 0.0833. The van der Waals surface area contributed by atoms with Crippen molar-refractivity contribution in [2.24, 2.45) is 0 Å². The smallest absolute Gasteiger partial charge is 0.273 e. The number of nitro groups is 1. The highest BCUT2D eigenvalue weighted by molar-refractivity contribution is 9.10. The molecular formula is C12H8BrFN2O4. The molecule has 0 N–H and O–H groups in total. The summed E-state index contributed by atoms with van der Waals surface area (Å²) in [5.74, 6) is -0.671. The van der Waals surface area contributed by atoms with Crippen molar-refractivity contribution in [1.82, 2.24) is 4.98 Å². The van der Waals surface area contributed by atoms with Crippen LogP contribution in [-0.2, 0) is 0 Å². The van der Waals surface area contributed by atoms with Crippen LogP contribution in [-0.4, -0.2) is 17.0 Å². The van der Waals surface area contributed by atoms with Crippen LogP contribution in [0.15, 0.2) is 34.9 Å². The van der Waals surface area contributed by atoms with E-state index >= 15 is 0 Å². The summed E-state index contributed by atoms with van der Waals surface area (Å²) in [4.78, 5) is 13.9. The molecule has 0 fully saturated rings. The first kappa shape index (κ1) is 14.2. The summed E-state index contributed by atoms with van der Waals surface area (Å²) in [6.45, 7) is 0. The van der Waals surface area contributed by atoms with E-state index in [0.29, 0.717) is 4.47 Å². The minimum Gasteiger partial charge on any atom is -0.493 e. The van der Waals surface area contributed by atoms with Crippen LogP contribution in [0.2, 0.25) is 0 Å². The van der Waals surface area contributed by atoms with Gasteiger partial charge in [-0.2, -0.15) is 0 Å². The van der Waals surface area contributed by atoms with Crippen LogP contribution in [0.4, 0.5) is 10.1 Å². The van der Waals surface area contributed by atoms with Crippen LogP contribution in [0.5, 0.6) is 17.4 Å². The lowest BCUT2D eigenvalue weighted by Crippen LogP contribution is -1.96. The van der Waals surface area contributed by atoms with Gasteiger partial charge in [0.15, 0.2) is 17.3 Å². The fourth-order valence-corrected chi connectivity index (χ4v) is 1.74. The predicted molar refractivity (Wildman–Crippen MR) is 71.6 cm³/mol. The molecule has 2 aromatic rings. The summed E-state index contributed by atoms with van der Waals surface area (Å²) in [5.41, 5.74) is -0.154. The first-order valence-corrected chi connectivity index (χ1v) is 6.12. The average Bonchev–Trinajstić information content (AvgIpc) is 2.42. The van der Waals surface area contributed by atoms with Gasteiger partial charge in [0.25, 0.3) is 11.6 Å². The topological polar surface area (TPSA) is 74.5 Å². The van der Waals surface area contributed by atoms with Crippen molar-refractivity contribution in [2.45, 2.75) is 0 Å². The molecule has 0 saturated carbocycles. The van der Waals surface area contributed by atoms with Crippen LogP contribution in [0.25, 0.3) is 0 Å². The van der Waals surface area contributed by atoms with Crippen molar-refractivity contribution in [3.05, 3.63) is 50.9 Å². The van der Waals surface area contributed by atoms with Gasteiger partial charge in [0, 0.05) is 16.7 Å².